The Morgan fingerprint density at radius 3 is 0.852 bits per heavy atom. The van der Waals surface area contributed by atoms with Crippen LogP contribution in [0, 0.1) is 0 Å². The van der Waals surface area contributed by atoms with Gasteiger partial charge < -0.3 is 58.3 Å². The Balaban J connectivity index is 0.000000115. The Labute approximate surface area is 458 Å². The first kappa shape index (κ1) is 49.5. The molecule has 6 aliphatic rings. The molecule has 0 saturated heterocycles. The highest BCUT2D eigenvalue weighted by molar-refractivity contribution is 5.99. The summed E-state index contributed by atoms with van der Waals surface area (Å²) in [5.74, 6) is 0.712. The van der Waals surface area contributed by atoms with E-state index in [2.05, 4.69) is 0 Å². The zero-order chi connectivity index (χ0) is 56.1. The van der Waals surface area contributed by atoms with Crippen LogP contribution in [0.2, 0.25) is 0 Å². The van der Waals surface area contributed by atoms with E-state index in [-0.39, 0.29) is 23.0 Å². The van der Waals surface area contributed by atoms with Crippen LogP contribution in [0.15, 0.2) is 182 Å². The topological polar surface area (TPSA) is 240 Å². The average molecular weight is 1080 g/mol. The summed E-state index contributed by atoms with van der Waals surface area (Å²) < 4.78 is 46.0. The maximum atomic E-state index is 12.8. The monoisotopic (exact) mass is 1080 g/mol. The lowest BCUT2D eigenvalue weighted by Crippen LogP contribution is -2.33. The number of ether oxygens (including phenoxy) is 8. The van der Waals surface area contributed by atoms with Crippen molar-refractivity contribution in [2.45, 2.75) is 30.7 Å². The molecule has 0 aliphatic carbocycles. The SMILES string of the molecule is CC(=O)Oc1ccc2c(c1)Oc1cc(OC(C)=O)ccc1C21OC(=O)c2ccccc21.O=C1OC2(c3ccc(O)cc3Oc3cc(O)ccc32)c2ccccc21.O=C1OC2(c3ccc(O)cc3Oc3cc(O)ccc32)c2ccccc21. The van der Waals surface area contributed by atoms with Crippen molar-refractivity contribution in [3.63, 3.8) is 0 Å². The van der Waals surface area contributed by atoms with Crippen LogP contribution in [-0.2, 0) is 40.6 Å². The summed E-state index contributed by atoms with van der Waals surface area (Å²) in [5, 5.41) is 39.3. The first-order valence-corrected chi connectivity index (χ1v) is 25.1. The summed E-state index contributed by atoms with van der Waals surface area (Å²) >= 11 is 0. The Bertz CT molecular complexity index is 3900. The molecule has 0 unspecified atom stereocenters. The van der Waals surface area contributed by atoms with Crippen LogP contribution in [0.1, 0.15) is 95.0 Å². The molecular weight excluding hydrogens is 1040 g/mol. The number of fused-ring (bicyclic) bond motifs is 18. The van der Waals surface area contributed by atoms with Gasteiger partial charge in [0.1, 0.15) is 69.0 Å². The highest BCUT2D eigenvalue weighted by atomic mass is 16.6. The number of phenols is 4. The molecule has 0 saturated carbocycles. The second-order valence-corrected chi connectivity index (χ2v) is 19.4. The molecule has 15 rings (SSSR count). The fraction of sp³-hybridized carbons (Fsp3) is 0.0781. The van der Waals surface area contributed by atoms with Crippen molar-refractivity contribution in [1.29, 1.82) is 0 Å². The number of carbonyl (C=O) groups is 5. The van der Waals surface area contributed by atoms with Gasteiger partial charge in [0.15, 0.2) is 16.8 Å². The molecule has 0 fully saturated rings. The number of aromatic hydroxyl groups is 4. The molecule has 0 bridgehead atoms. The third-order valence-electron chi connectivity index (χ3n) is 14.5. The zero-order valence-corrected chi connectivity index (χ0v) is 42.4. The quantitative estimate of drug-likeness (QED) is 0.0715. The molecule has 9 aromatic carbocycles. The van der Waals surface area contributed by atoms with E-state index in [1.165, 1.54) is 62.4 Å². The number of rotatable bonds is 2. The van der Waals surface area contributed by atoms with Gasteiger partial charge in [0.25, 0.3) is 0 Å². The van der Waals surface area contributed by atoms with E-state index in [0.29, 0.717) is 113 Å². The molecule has 398 valence electrons. The largest absolute Gasteiger partial charge is 0.508 e. The number of phenolic OH excluding ortho intramolecular Hbond substituents is 4. The normalized spacial score (nSPS) is 15.3. The van der Waals surface area contributed by atoms with Crippen molar-refractivity contribution < 1.29 is 82.3 Å². The van der Waals surface area contributed by atoms with E-state index in [9.17, 15) is 44.4 Å². The second kappa shape index (κ2) is 18.3. The minimum absolute atomic E-state index is 0.0371. The Kier molecular flexibility index (Phi) is 11.2. The van der Waals surface area contributed by atoms with Crippen molar-refractivity contribution in [2.75, 3.05) is 0 Å². The smallest absolute Gasteiger partial charge is 0.340 e. The molecule has 17 heteroatoms. The van der Waals surface area contributed by atoms with Gasteiger partial charge in [0.2, 0.25) is 0 Å². The van der Waals surface area contributed by atoms with Crippen LogP contribution in [0.3, 0.4) is 0 Å². The van der Waals surface area contributed by atoms with Gasteiger partial charge in [0, 0.05) is 100 Å². The van der Waals surface area contributed by atoms with Crippen LogP contribution in [0.25, 0.3) is 0 Å². The second-order valence-electron chi connectivity index (χ2n) is 19.4. The maximum Gasteiger partial charge on any atom is 0.340 e. The van der Waals surface area contributed by atoms with E-state index in [1.807, 2.05) is 36.4 Å². The molecule has 0 radical (unpaired) electrons. The van der Waals surface area contributed by atoms with E-state index in [0.717, 1.165) is 0 Å². The highest BCUT2D eigenvalue weighted by Gasteiger charge is 2.56. The summed E-state index contributed by atoms with van der Waals surface area (Å²) in [6.07, 6.45) is 0. The molecule has 0 aromatic heterocycles. The van der Waals surface area contributed by atoms with Crippen LogP contribution in [0.4, 0.5) is 0 Å². The average Bonchev–Trinajstić information content (AvgIpc) is 2.37. The minimum atomic E-state index is -1.25. The van der Waals surface area contributed by atoms with Crippen LogP contribution in [0.5, 0.6) is 69.0 Å². The number of benzene rings is 9. The Hall–Kier alpha value is -11.1. The summed E-state index contributed by atoms with van der Waals surface area (Å²) in [6.45, 7) is 2.61. The predicted octanol–water partition coefficient (Wildman–Crippen LogP) is 11.4. The van der Waals surface area contributed by atoms with Crippen molar-refractivity contribution in [1.82, 2.24) is 0 Å². The summed E-state index contributed by atoms with van der Waals surface area (Å²) in [4.78, 5) is 60.6. The lowest BCUT2D eigenvalue weighted by molar-refractivity contribution is -0.132. The van der Waals surface area contributed by atoms with E-state index >= 15 is 0 Å². The van der Waals surface area contributed by atoms with Gasteiger partial charge >= 0.3 is 29.8 Å². The number of carbonyl (C=O) groups excluding carboxylic acids is 5. The first-order valence-electron chi connectivity index (χ1n) is 25.1. The van der Waals surface area contributed by atoms with Crippen LogP contribution in [-0.4, -0.2) is 50.3 Å². The van der Waals surface area contributed by atoms with Crippen molar-refractivity contribution in [3.05, 3.63) is 249 Å². The Morgan fingerprint density at radius 1 is 0.333 bits per heavy atom. The molecule has 9 aromatic rings. The number of esters is 5. The van der Waals surface area contributed by atoms with E-state index in [4.69, 9.17) is 37.9 Å². The van der Waals surface area contributed by atoms with Gasteiger partial charge in [-0.3, -0.25) is 9.59 Å². The molecule has 3 spiro atoms. The third-order valence-corrected chi connectivity index (χ3v) is 14.5. The maximum absolute atomic E-state index is 12.8. The summed E-state index contributed by atoms with van der Waals surface area (Å²) in [6, 6.07) is 50.1. The summed E-state index contributed by atoms with van der Waals surface area (Å²) in [7, 11) is 0. The lowest BCUT2D eigenvalue weighted by Gasteiger charge is -2.36. The molecule has 0 atom stereocenters. The predicted molar refractivity (Wildman–Crippen MR) is 283 cm³/mol. The lowest BCUT2D eigenvalue weighted by atomic mass is 9.77. The molecule has 6 aliphatic heterocycles. The minimum Gasteiger partial charge on any atom is -0.508 e. The van der Waals surface area contributed by atoms with Gasteiger partial charge in [0.05, 0.1) is 16.7 Å². The van der Waals surface area contributed by atoms with E-state index in [1.54, 1.807) is 97.1 Å². The van der Waals surface area contributed by atoms with Gasteiger partial charge in [-0.25, -0.2) is 14.4 Å². The fourth-order valence-electron chi connectivity index (χ4n) is 11.4. The van der Waals surface area contributed by atoms with Crippen molar-refractivity contribution in [2.24, 2.45) is 0 Å². The molecular formula is C64H40O17. The van der Waals surface area contributed by atoms with Gasteiger partial charge in [-0.1, -0.05) is 54.6 Å². The van der Waals surface area contributed by atoms with Crippen LogP contribution >= 0.6 is 0 Å². The number of hydrogen-bond donors (Lipinski definition) is 4. The van der Waals surface area contributed by atoms with Gasteiger partial charge in [-0.2, -0.15) is 0 Å². The molecule has 4 N–H and O–H groups in total. The standard InChI is InChI=1S/C24H16O7.2C20H12O5/c1-13(25)28-15-7-9-19-21(11-15)30-22-12-16(29-14(2)26)8-10-20(22)24(19)18-6-4-3-5-17(18)23(27)31-24;2*21-11-5-7-15-17(9-11)24-18-10-12(22)6-8-16(18)20(15)14-4-2-1-3-13(14)19(23)25-20/h3-12H,1-2H3;2*1-10,21-22H. The first-order chi connectivity index (χ1) is 39.1. The third kappa shape index (κ3) is 7.65. The Morgan fingerprint density at radius 2 is 0.580 bits per heavy atom. The highest BCUT2D eigenvalue weighted by Crippen LogP contribution is 2.60. The molecule has 17 nitrogen and oxygen atoms in total. The molecule has 6 heterocycles. The molecule has 0 amide bonds. The van der Waals surface area contributed by atoms with Crippen LogP contribution < -0.4 is 23.7 Å². The van der Waals surface area contributed by atoms with Crippen molar-refractivity contribution in [3.8, 4) is 69.0 Å². The summed E-state index contributed by atoms with van der Waals surface area (Å²) in [5.41, 5.74) is 3.63. The zero-order valence-electron chi connectivity index (χ0n) is 42.4. The van der Waals surface area contributed by atoms with Gasteiger partial charge in [-0.15, -0.1) is 0 Å². The van der Waals surface area contributed by atoms with Gasteiger partial charge in [-0.05, 0) is 91.0 Å². The number of hydrogen-bond acceptors (Lipinski definition) is 17. The van der Waals surface area contributed by atoms with Crippen molar-refractivity contribution >= 4 is 29.8 Å². The fourth-order valence-corrected chi connectivity index (χ4v) is 11.4. The molecule has 81 heavy (non-hydrogen) atoms. The van der Waals surface area contributed by atoms with E-state index < -0.39 is 46.6 Å².